The van der Waals surface area contributed by atoms with E-state index in [1.54, 1.807) is 6.07 Å². The van der Waals surface area contributed by atoms with Crippen molar-refractivity contribution in [3.8, 4) is 5.75 Å². The molecule has 1 N–H and O–H groups in total. The molecular formula is C23H28BrClN2O4S. The van der Waals surface area contributed by atoms with Gasteiger partial charge in [-0.05, 0) is 67.1 Å². The average molecular weight is 544 g/mol. The number of hydrogen-bond acceptors (Lipinski definition) is 4. The Labute approximate surface area is 203 Å². The van der Waals surface area contributed by atoms with Gasteiger partial charge in [-0.1, -0.05) is 41.4 Å². The summed E-state index contributed by atoms with van der Waals surface area (Å²) in [5.41, 5.74) is 2.93. The molecule has 6 nitrogen and oxygen atoms in total. The molecule has 9 heteroatoms. The molecule has 0 radical (unpaired) electrons. The molecule has 0 spiro atoms. The first kappa shape index (κ1) is 25.0. The zero-order valence-electron chi connectivity index (χ0n) is 18.5. The molecule has 2 aromatic rings. The normalized spacial score (nSPS) is 17.2. The summed E-state index contributed by atoms with van der Waals surface area (Å²) in [4.78, 5) is 13.2. The van der Waals surface area contributed by atoms with Crippen molar-refractivity contribution in [1.82, 2.24) is 4.31 Å². The Morgan fingerprint density at radius 1 is 1.22 bits per heavy atom. The monoisotopic (exact) mass is 542 g/mol. The van der Waals surface area contributed by atoms with Gasteiger partial charge in [0.2, 0.25) is 15.9 Å². The van der Waals surface area contributed by atoms with Crippen LogP contribution >= 0.6 is 27.5 Å². The van der Waals surface area contributed by atoms with E-state index in [2.05, 4.69) is 21.2 Å². The van der Waals surface area contributed by atoms with Gasteiger partial charge in [0.15, 0.2) is 0 Å². The summed E-state index contributed by atoms with van der Waals surface area (Å²) in [6.07, 6.45) is 2.79. The molecule has 1 atom stereocenters. The number of hydrogen-bond donors (Lipinski definition) is 1. The molecule has 1 aliphatic rings. The molecule has 32 heavy (non-hydrogen) atoms. The fraction of sp³-hybridized carbons (Fsp3) is 0.435. The zero-order chi connectivity index (χ0) is 23.5. The van der Waals surface area contributed by atoms with Crippen LogP contribution in [-0.4, -0.2) is 38.8 Å². The van der Waals surface area contributed by atoms with Gasteiger partial charge in [-0.15, -0.1) is 0 Å². The maximum absolute atomic E-state index is 13.3. The lowest BCUT2D eigenvalue weighted by atomic mass is 9.97. The molecule has 1 saturated heterocycles. The van der Waals surface area contributed by atoms with E-state index in [0.717, 1.165) is 34.1 Å². The van der Waals surface area contributed by atoms with Crippen LogP contribution in [0.15, 0.2) is 39.7 Å². The number of ether oxygens (including phenoxy) is 1. The van der Waals surface area contributed by atoms with Gasteiger partial charge in [0.1, 0.15) is 10.6 Å². The molecule has 0 aromatic heterocycles. The number of halogens is 2. The van der Waals surface area contributed by atoms with Crippen molar-refractivity contribution in [3.05, 3.63) is 51.0 Å². The van der Waals surface area contributed by atoms with Gasteiger partial charge in [-0.3, -0.25) is 4.79 Å². The Kier molecular flexibility index (Phi) is 8.25. The maximum atomic E-state index is 13.3. The van der Waals surface area contributed by atoms with Gasteiger partial charge in [-0.2, -0.15) is 4.31 Å². The minimum Gasteiger partial charge on any atom is -0.495 e. The Balaban J connectivity index is 1.84. The molecule has 1 fully saturated rings. The summed E-state index contributed by atoms with van der Waals surface area (Å²) < 4.78 is 34.3. The average Bonchev–Trinajstić information content (AvgIpc) is 2.79. The van der Waals surface area contributed by atoms with E-state index in [1.165, 1.54) is 23.5 Å². The Morgan fingerprint density at radius 3 is 2.47 bits per heavy atom. The standard InChI is InChI=1S/C23H28BrClN2O4S/c1-4-15-11-18(24)12-16(5-2)22(15)26-23(28)17-7-6-10-27(14-17)32(29,30)21-13-19(25)8-9-20(21)31-3/h8-9,11-13,17H,4-7,10,14H2,1-3H3,(H,26,28)/t17-/m0/s1. The fourth-order valence-electron chi connectivity index (χ4n) is 4.03. The van der Waals surface area contributed by atoms with Crippen molar-refractivity contribution < 1.29 is 17.9 Å². The second-order valence-corrected chi connectivity index (χ2v) is 11.1. The second kappa shape index (κ2) is 10.5. The lowest BCUT2D eigenvalue weighted by Crippen LogP contribution is -2.43. The predicted molar refractivity (Wildman–Crippen MR) is 131 cm³/mol. The number of anilines is 1. The topological polar surface area (TPSA) is 75.7 Å². The molecule has 1 amide bonds. The van der Waals surface area contributed by atoms with E-state index in [-0.39, 0.29) is 23.1 Å². The molecule has 1 heterocycles. The van der Waals surface area contributed by atoms with Crippen LogP contribution in [-0.2, 0) is 27.7 Å². The summed E-state index contributed by atoms with van der Waals surface area (Å²) in [6.45, 7) is 4.55. The largest absolute Gasteiger partial charge is 0.495 e. The van der Waals surface area contributed by atoms with Crippen molar-refractivity contribution in [2.45, 2.75) is 44.4 Å². The third-order valence-corrected chi connectivity index (χ3v) is 8.35. The Morgan fingerprint density at radius 2 is 1.88 bits per heavy atom. The fourth-order valence-corrected chi connectivity index (χ4v) is 6.53. The molecule has 174 valence electrons. The SMILES string of the molecule is CCc1cc(Br)cc(CC)c1NC(=O)[C@H]1CCCN(S(=O)(=O)c2cc(Cl)ccc2OC)C1. The number of carbonyl (C=O) groups excluding carboxylic acids is 1. The minimum atomic E-state index is -3.86. The number of aryl methyl sites for hydroxylation is 2. The maximum Gasteiger partial charge on any atom is 0.246 e. The van der Waals surface area contributed by atoms with E-state index in [1.807, 2.05) is 26.0 Å². The molecular weight excluding hydrogens is 516 g/mol. The van der Waals surface area contributed by atoms with Crippen LogP contribution in [0.25, 0.3) is 0 Å². The summed E-state index contributed by atoms with van der Waals surface area (Å²) in [6, 6.07) is 8.54. The lowest BCUT2D eigenvalue weighted by Gasteiger charge is -2.32. The minimum absolute atomic E-state index is 0.0167. The number of nitrogens with one attached hydrogen (secondary N) is 1. The highest BCUT2D eigenvalue weighted by Crippen LogP contribution is 2.33. The van der Waals surface area contributed by atoms with E-state index in [9.17, 15) is 13.2 Å². The first-order valence-electron chi connectivity index (χ1n) is 10.7. The van der Waals surface area contributed by atoms with Crippen LogP contribution in [0, 0.1) is 5.92 Å². The van der Waals surface area contributed by atoms with Crippen LogP contribution in [0.5, 0.6) is 5.75 Å². The highest BCUT2D eigenvalue weighted by Gasteiger charge is 2.35. The number of nitrogens with zero attached hydrogens (tertiary/aromatic N) is 1. The summed E-state index contributed by atoms with van der Waals surface area (Å²) in [5, 5.41) is 3.40. The number of amides is 1. The van der Waals surface area contributed by atoms with Gasteiger partial charge in [0, 0.05) is 28.3 Å². The number of piperidine rings is 1. The first-order valence-corrected chi connectivity index (χ1v) is 13.3. The molecule has 1 aliphatic heterocycles. The van der Waals surface area contributed by atoms with Crippen molar-refractivity contribution in [1.29, 1.82) is 0 Å². The van der Waals surface area contributed by atoms with E-state index in [0.29, 0.717) is 24.4 Å². The molecule has 0 unspecified atom stereocenters. The third-order valence-electron chi connectivity index (χ3n) is 5.77. The highest BCUT2D eigenvalue weighted by molar-refractivity contribution is 9.10. The van der Waals surface area contributed by atoms with E-state index >= 15 is 0 Å². The number of benzene rings is 2. The van der Waals surface area contributed by atoms with Crippen molar-refractivity contribution in [2.75, 3.05) is 25.5 Å². The van der Waals surface area contributed by atoms with Gasteiger partial charge in [0.05, 0.1) is 13.0 Å². The first-order chi connectivity index (χ1) is 15.2. The third kappa shape index (κ3) is 5.30. The number of methoxy groups -OCH3 is 1. The van der Waals surface area contributed by atoms with Crippen LogP contribution in [0.2, 0.25) is 5.02 Å². The zero-order valence-corrected chi connectivity index (χ0v) is 21.6. The summed E-state index contributed by atoms with van der Waals surface area (Å²) in [7, 11) is -2.44. The predicted octanol–water partition coefficient (Wildman–Crippen LogP) is 5.28. The second-order valence-electron chi connectivity index (χ2n) is 7.79. The van der Waals surface area contributed by atoms with E-state index in [4.69, 9.17) is 16.3 Å². The van der Waals surface area contributed by atoms with Crippen molar-refractivity contribution in [2.24, 2.45) is 5.92 Å². The van der Waals surface area contributed by atoms with Crippen LogP contribution in [0.3, 0.4) is 0 Å². The Hall–Kier alpha value is -1.61. The molecule has 0 saturated carbocycles. The molecule has 0 bridgehead atoms. The molecule has 2 aromatic carbocycles. The highest BCUT2D eigenvalue weighted by atomic mass is 79.9. The van der Waals surface area contributed by atoms with E-state index < -0.39 is 15.9 Å². The van der Waals surface area contributed by atoms with Gasteiger partial charge in [0.25, 0.3) is 0 Å². The number of rotatable bonds is 7. The smallest absolute Gasteiger partial charge is 0.246 e. The Bertz CT molecular complexity index is 1080. The van der Waals surface area contributed by atoms with Crippen LogP contribution in [0.1, 0.15) is 37.8 Å². The number of sulfonamides is 1. The summed E-state index contributed by atoms with van der Waals surface area (Å²) in [5.74, 6) is -0.368. The molecule has 0 aliphatic carbocycles. The quantitative estimate of drug-likeness (QED) is 0.516. The van der Waals surface area contributed by atoms with Gasteiger partial charge >= 0.3 is 0 Å². The van der Waals surface area contributed by atoms with Gasteiger partial charge < -0.3 is 10.1 Å². The summed E-state index contributed by atoms with van der Waals surface area (Å²) >= 11 is 9.58. The van der Waals surface area contributed by atoms with Crippen molar-refractivity contribution >= 4 is 49.1 Å². The lowest BCUT2D eigenvalue weighted by molar-refractivity contribution is -0.120. The number of carbonyl (C=O) groups is 1. The van der Waals surface area contributed by atoms with Crippen LogP contribution in [0.4, 0.5) is 5.69 Å². The van der Waals surface area contributed by atoms with Crippen LogP contribution < -0.4 is 10.1 Å². The molecule has 3 rings (SSSR count). The van der Waals surface area contributed by atoms with Gasteiger partial charge in [-0.25, -0.2) is 8.42 Å². The van der Waals surface area contributed by atoms with Crippen molar-refractivity contribution in [3.63, 3.8) is 0 Å².